The van der Waals surface area contributed by atoms with Crippen LogP contribution in [-0.4, -0.2) is 70.7 Å². The van der Waals surface area contributed by atoms with Crippen molar-refractivity contribution in [1.82, 2.24) is 19.4 Å². The number of carbonyl (C=O) groups excluding carboxylic acids is 1. The van der Waals surface area contributed by atoms with Crippen molar-refractivity contribution in [1.29, 1.82) is 0 Å². The minimum absolute atomic E-state index is 0. The van der Waals surface area contributed by atoms with E-state index in [9.17, 15) is 4.79 Å². The molecular formula is C38H51FN4O2. The van der Waals surface area contributed by atoms with E-state index < -0.39 is 0 Å². The molecule has 1 amide bonds. The van der Waals surface area contributed by atoms with Crippen LogP contribution in [0.2, 0.25) is 0 Å². The Balaban J connectivity index is 0.00000208. The third-order valence-corrected chi connectivity index (χ3v) is 10.7. The number of carbonyl (C=O) groups is 1. The summed E-state index contributed by atoms with van der Waals surface area (Å²) in [7, 11) is 3.80. The van der Waals surface area contributed by atoms with Gasteiger partial charge in [-0.2, -0.15) is 0 Å². The SMILES string of the molecule is C.COC12CC1C=CC=C2c1cn(C)c2ncc(/C3=C/C(F)=C\C/C(C(=O)N4CCCC(CCN5CCCC5)CC4)=C\C3)cc12.[HH]. The number of methoxy groups -OCH3 is 1. The smallest absolute Gasteiger partial charge is 0.249 e. The van der Waals surface area contributed by atoms with Crippen molar-refractivity contribution in [2.24, 2.45) is 18.9 Å². The van der Waals surface area contributed by atoms with Gasteiger partial charge in [-0.25, -0.2) is 9.37 Å². The number of rotatable bonds is 7. The third kappa shape index (κ3) is 6.26. The second-order valence-corrected chi connectivity index (χ2v) is 13.4. The number of aromatic nitrogens is 2. The zero-order valence-corrected chi connectivity index (χ0v) is 26.2. The van der Waals surface area contributed by atoms with E-state index in [2.05, 4.69) is 40.0 Å². The zero-order chi connectivity index (χ0) is 30.3. The maximum atomic E-state index is 15.2. The molecule has 0 bridgehead atoms. The first-order valence-corrected chi connectivity index (χ1v) is 16.6. The fraction of sp³-hybridized carbons (Fsp3) is 0.526. The molecule has 0 aromatic carbocycles. The van der Waals surface area contributed by atoms with Gasteiger partial charge in [0.1, 0.15) is 17.1 Å². The number of fused-ring (bicyclic) bond motifs is 2. The maximum absolute atomic E-state index is 15.2. The van der Waals surface area contributed by atoms with Gasteiger partial charge in [0.25, 0.3) is 0 Å². The largest absolute Gasteiger partial charge is 0.373 e. The van der Waals surface area contributed by atoms with E-state index >= 15 is 4.39 Å². The highest BCUT2D eigenvalue weighted by Crippen LogP contribution is 2.58. The highest BCUT2D eigenvalue weighted by Gasteiger charge is 2.57. The number of hydrogen-bond acceptors (Lipinski definition) is 4. The van der Waals surface area contributed by atoms with Gasteiger partial charge in [-0.05, 0) is 118 Å². The molecule has 2 aromatic heterocycles. The lowest BCUT2D eigenvalue weighted by atomic mass is 9.92. The number of likely N-dealkylation sites (tertiary alicyclic amines) is 2. The number of allylic oxidation sites excluding steroid dienone is 7. The molecule has 45 heavy (non-hydrogen) atoms. The molecule has 0 N–H and O–H groups in total. The van der Waals surface area contributed by atoms with Crippen LogP contribution in [0, 0.1) is 11.8 Å². The summed E-state index contributed by atoms with van der Waals surface area (Å²) in [6.07, 6.45) is 24.6. The first kappa shape index (κ1) is 31.7. The molecule has 1 saturated carbocycles. The maximum Gasteiger partial charge on any atom is 0.249 e. The standard InChI is InChI=1S/C37H45FN4O2.CH4.H2/c1-40-25-33(34-9-5-8-30-23-37(30,34)44-2)32-22-29(24-39-35(32)40)28-11-10-27(12-13-31(38)21-28)36(43)42-18-6-7-26(15-20-42)14-19-41-16-3-4-17-41;;/h5,8-10,13,21-22,24-26,30H,3-4,6-7,11-12,14-20,23H2,1-2H3;1H4;1H/b27-10+,28-21+,31-13+;;. The average molecular weight is 615 g/mol. The van der Waals surface area contributed by atoms with Gasteiger partial charge in [0.05, 0.1) is 0 Å². The minimum atomic E-state index is -0.302. The molecule has 2 aliphatic heterocycles. The van der Waals surface area contributed by atoms with E-state index in [1.165, 1.54) is 50.9 Å². The Labute approximate surface area is 269 Å². The summed E-state index contributed by atoms with van der Waals surface area (Å²) in [5, 5.41) is 1.03. The van der Waals surface area contributed by atoms with Crippen molar-refractivity contribution in [2.45, 2.75) is 70.8 Å². The Morgan fingerprint density at radius 3 is 2.80 bits per heavy atom. The molecular weight excluding hydrogens is 563 g/mol. The van der Waals surface area contributed by atoms with Crippen LogP contribution in [0.4, 0.5) is 4.39 Å². The molecule has 242 valence electrons. The van der Waals surface area contributed by atoms with Gasteiger partial charge >= 0.3 is 0 Å². The van der Waals surface area contributed by atoms with Gasteiger partial charge in [0.15, 0.2) is 0 Å². The number of pyridine rings is 1. The topological polar surface area (TPSA) is 50.6 Å². The number of amides is 1. The van der Waals surface area contributed by atoms with Crippen molar-refractivity contribution in [3.05, 3.63) is 77.4 Å². The van der Waals surface area contributed by atoms with Crippen LogP contribution < -0.4 is 0 Å². The van der Waals surface area contributed by atoms with Crippen LogP contribution in [0.5, 0.6) is 0 Å². The molecule has 2 aromatic rings. The van der Waals surface area contributed by atoms with E-state index in [1.807, 2.05) is 24.2 Å². The monoisotopic (exact) mass is 614 g/mol. The fourth-order valence-corrected chi connectivity index (χ4v) is 7.96. The molecule has 5 aliphatic rings. The van der Waals surface area contributed by atoms with E-state index in [0.717, 1.165) is 60.1 Å². The number of ether oxygens (including phenoxy) is 1. The molecule has 6 nitrogen and oxygen atoms in total. The summed E-state index contributed by atoms with van der Waals surface area (Å²) >= 11 is 0. The molecule has 3 aliphatic carbocycles. The normalized spacial score (nSPS) is 30.4. The van der Waals surface area contributed by atoms with Crippen LogP contribution in [0.1, 0.15) is 77.8 Å². The van der Waals surface area contributed by atoms with Crippen molar-refractivity contribution in [3.8, 4) is 0 Å². The summed E-state index contributed by atoms with van der Waals surface area (Å²) in [5.74, 6) is 0.846. The summed E-state index contributed by atoms with van der Waals surface area (Å²) in [6.45, 7) is 5.26. The minimum Gasteiger partial charge on any atom is -0.373 e. The third-order valence-electron chi connectivity index (χ3n) is 10.7. The lowest BCUT2D eigenvalue weighted by Crippen LogP contribution is -2.33. The lowest BCUT2D eigenvalue weighted by molar-refractivity contribution is -0.127. The first-order chi connectivity index (χ1) is 21.4. The van der Waals surface area contributed by atoms with E-state index in [1.54, 1.807) is 19.3 Å². The van der Waals surface area contributed by atoms with Gasteiger partial charge < -0.3 is 19.1 Å². The van der Waals surface area contributed by atoms with Crippen LogP contribution in [0.15, 0.2) is 66.3 Å². The van der Waals surface area contributed by atoms with E-state index in [-0.39, 0.29) is 26.2 Å². The lowest BCUT2D eigenvalue weighted by Gasteiger charge is -2.23. The summed E-state index contributed by atoms with van der Waals surface area (Å²) in [5.41, 5.74) is 5.30. The number of nitrogens with zero attached hydrogens (tertiary/aromatic N) is 4. The molecule has 7 rings (SSSR count). The van der Waals surface area contributed by atoms with Crippen LogP contribution in [0.3, 0.4) is 0 Å². The Bertz CT molecular complexity index is 1600. The Hall–Kier alpha value is -3.29. The van der Waals surface area contributed by atoms with Gasteiger partial charge in [0.2, 0.25) is 5.91 Å². The summed E-state index contributed by atoms with van der Waals surface area (Å²) < 4.78 is 23.3. The molecule has 4 heterocycles. The first-order valence-electron chi connectivity index (χ1n) is 16.6. The predicted octanol–water partition coefficient (Wildman–Crippen LogP) is 7.89. The van der Waals surface area contributed by atoms with Crippen molar-refractivity contribution in [2.75, 3.05) is 39.8 Å². The summed E-state index contributed by atoms with van der Waals surface area (Å²) in [4.78, 5) is 23.2. The molecule has 3 atom stereocenters. The second kappa shape index (κ2) is 13.2. The van der Waals surface area contributed by atoms with E-state index in [4.69, 9.17) is 9.72 Å². The highest BCUT2D eigenvalue weighted by atomic mass is 19.1. The van der Waals surface area contributed by atoms with Crippen LogP contribution >= 0.6 is 0 Å². The molecule has 2 saturated heterocycles. The molecule has 0 radical (unpaired) electrons. The molecule has 3 fully saturated rings. The van der Waals surface area contributed by atoms with Crippen LogP contribution in [-0.2, 0) is 16.6 Å². The Kier molecular flexibility index (Phi) is 9.30. The molecule has 3 unspecified atom stereocenters. The van der Waals surface area contributed by atoms with Crippen molar-refractivity contribution < 1.29 is 15.3 Å². The number of halogens is 1. The predicted molar refractivity (Wildman–Crippen MR) is 183 cm³/mol. The van der Waals surface area contributed by atoms with Crippen LogP contribution in [0.25, 0.3) is 22.2 Å². The number of hydrogen-bond donors (Lipinski definition) is 0. The van der Waals surface area contributed by atoms with Crippen molar-refractivity contribution >= 4 is 28.1 Å². The van der Waals surface area contributed by atoms with Gasteiger partial charge in [-0.3, -0.25) is 4.79 Å². The molecule has 7 heteroatoms. The zero-order valence-electron chi connectivity index (χ0n) is 26.2. The van der Waals surface area contributed by atoms with Gasteiger partial charge in [-0.15, -0.1) is 0 Å². The fourth-order valence-electron chi connectivity index (χ4n) is 7.96. The van der Waals surface area contributed by atoms with E-state index in [0.29, 0.717) is 30.3 Å². The average Bonchev–Trinajstić information content (AvgIpc) is 3.51. The Morgan fingerprint density at radius 1 is 1.13 bits per heavy atom. The van der Waals surface area contributed by atoms with Crippen molar-refractivity contribution in [3.63, 3.8) is 0 Å². The Morgan fingerprint density at radius 2 is 1.98 bits per heavy atom. The second-order valence-electron chi connectivity index (χ2n) is 13.4. The van der Waals surface area contributed by atoms with Gasteiger partial charge in [0, 0.05) is 63.5 Å². The summed E-state index contributed by atoms with van der Waals surface area (Å²) in [6, 6.07) is 2.13. The quantitative estimate of drug-likeness (QED) is 0.318. The molecule has 0 spiro atoms. The number of aryl methyl sites for hydroxylation is 1. The highest BCUT2D eigenvalue weighted by molar-refractivity contribution is 5.97. The van der Waals surface area contributed by atoms with Gasteiger partial charge in [-0.1, -0.05) is 31.7 Å².